The van der Waals surface area contributed by atoms with Gasteiger partial charge in [0.2, 0.25) is 5.95 Å². The van der Waals surface area contributed by atoms with Gasteiger partial charge >= 0.3 is 0 Å². The van der Waals surface area contributed by atoms with Crippen molar-refractivity contribution < 1.29 is 23.5 Å². The number of piperazine rings is 1. The number of carbonyl (C=O) groups is 2. The average Bonchev–Trinajstić information content (AvgIpc) is 3.40. The minimum atomic E-state index is -0.712. The smallest absolute Gasteiger partial charge is 0.298 e. The third-order valence-electron chi connectivity index (χ3n) is 7.73. The number of Topliss-reactive ketones (excluding diaryl/α,β-unsaturated/α-hetero) is 1. The van der Waals surface area contributed by atoms with Crippen molar-refractivity contribution in [3.63, 3.8) is 0 Å². The maximum absolute atomic E-state index is 13.6. The fourth-order valence-corrected chi connectivity index (χ4v) is 5.78. The van der Waals surface area contributed by atoms with Crippen molar-refractivity contribution in [3.05, 3.63) is 84.2 Å². The zero-order chi connectivity index (χ0) is 27.9. The number of nitrogens with zero attached hydrogens (tertiary/aromatic N) is 5. The Labute approximate surface area is 235 Å². The molecule has 3 aliphatic heterocycles. The molecule has 4 aromatic rings. The van der Waals surface area contributed by atoms with E-state index in [1.54, 1.807) is 12.1 Å². The number of ether oxygens (including phenoxy) is 2. The highest BCUT2D eigenvalue weighted by atomic mass is 19.1. The third kappa shape index (κ3) is 4.67. The van der Waals surface area contributed by atoms with E-state index in [2.05, 4.69) is 20.2 Å². The molecule has 1 N–H and O–H groups in total. The fourth-order valence-electron chi connectivity index (χ4n) is 5.78. The van der Waals surface area contributed by atoms with E-state index in [0.29, 0.717) is 69.1 Å². The van der Waals surface area contributed by atoms with E-state index in [1.807, 2.05) is 51.9 Å². The summed E-state index contributed by atoms with van der Waals surface area (Å²) in [5.41, 5.74) is 4.22. The van der Waals surface area contributed by atoms with Crippen LogP contribution in [0.4, 0.5) is 21.7 Å². The van der Waals surface area contributed by atoms with E-state index in [0.717, 1.165) is 22.5 Å². The maximum Gasteiger partial charge on any atom is 0.298 e. The van der Waals surface area contributed by atoms with E-state index >= 15 is 0 Å². The molecule has 7 rings (SSSR count). The Bertz CT molecular complexity index is 1620. The number of carbonyl (C=O) groups excluding carboxylic acids is 2. The van der Waals surface area contributed by atoms with Gasteiger partial charge in [-0.3, -0.25) is 9.59 Å². The Morgan fingerprint density at radius 1 is 1.00 bits per heavy atom. The van der Waals surface area contributed by atoms with E-state index in [9.17, 15) is 14.0 Å². The minimum Gasteiger partial charge on any atom is -0.489 e. The van der Waals surface area contributed by atoms with Crippen LogP contribution in [-0.2, 0) is 22.7 Å². The molecule has 5 heterocycles. The standard InChI is InChI=1S/C30H27FN6O4/c31-20-14-32-30(33-15-20)35-8-9-36-23(16-35)18-41-26-12-21(6-7-25(26)36)34-29(39)28(38)27-24(19-4-2-1-3-5-19)13-22-17-40-11-10-37(22)27/h1-7,12-15,23H,8-11,16-18H2,(H,34,39)/t23-/m1/s1. The van der Waals surface area contributed by atoms with Gasteiger partial charge in [-0.15, -0.1) is 0 Å². The Morgan fingerprint density at radius 2 is 1.83 bits per heavy atom. The Hall–Kier alpha value is -4.77. The predicted octanol–water partition coefficient (Wildman–Crippen LogP) is 3.52. The first kappa shape index (κ1) is 25.2. The average molecular weight is 555 g/mol. The molecule has 11 heteroatoms. The summed E-state index contributed by atoms with van der Waals surface area (Å²) < 4.78 is 26.8. The highest BCUT2D eigenvalue weighted by Gasteiger charge is 2.34. The van der Waals surface area contributed by atoms with Gasteiger partial charge in [-0.05, 0) is 23.8 Å². The molecule has 2 aromatic heterocycles. The second-order valence-corrected chi connectivity index (χ2v) is 10.2. The number of aromatic nitrogens is 3. The van der Waals surface area contributed by atoms with Crippen LogP contribution >= 0.6 is 0 Å². The van der Waals surface area contributed by atoms with Crippen LogP contribution in [0.25, 0.3) is 11.1 Å². The number of nitrogens with one attached hydrogen (secondary N) is 1. The van der Waals surface area contributed by atoms with Crippen LogP contribution in [0.3, 0.4) is 0 Å². The topological polar surface area (TPSA) is 102 Å². The lowest BCUT2D eigenvalue weighted by molar-refractivity contribution is -0.112. The maximum atomic E-state index is 13.6. The van der Waals surface area contributed by atoms with Crippen molar-refractivity contribution >= 4 is 29.0 Å². The summed E-state index contributed by atoms with van der Waals surface area (Å²) in [6.45, 7) is 3.82. The van der Waals surface area contributed by atoms with Crippen LogP contribution in [0.15, 0.2) is 67.0 Å². The van der Waals surface area contributed by atoms with Crippen LogP contribution in [0.2, 0.25) is 0 Å². The molecule has 0 bridgehead atoms. The first-order valence-corrected chi connectivity index (χ1v) is 13.5. The van der Waals surface area contributed by atoms with Gasteiger partial charge in [0, 0.05) is 49.2 Å². The summed E-state index contributed by atoms with van der Waals surface area (Å²) in [6, 6.07) is 17.0. The van der Waals surface area contributed by atoms with Gasteiger partial charge in [0.1, 0.15) is 18.1 Å². The number of rotatable bonds is 5. The van der Waals surface area contributed by atoms with Crippen LogP contribution in [0.5, 0.6) is 5.75 Å². The molecule has 3 aliphatic rings. The van der Waals surface area contributed by atoms with Crippen LogP contribution < -0.4 is 19.9 Å². The van der Waals surface area contributed by atoms with Crippen molar-refractivity contribution in [1.82, 2.24) is 14.5 Å². The molecule has 10 nitrogen and oxygen atoms in total. The SMILES string of the molecule is O=C(Nc1ccc2c(c1)OC[C@H]1CN(c3ncc(F)cn3)CCN21)C(=O)c1c(-c2ccccc2)cc2n1CCOC2. The molecule has 1 atom stereocenters. The number of anilines is 3. The van der Waals surface area contributed by atoms with E-state index in [1.165, 1.54) is 12.4 Å². The summed E-state index contributed by atoms with van der Waals surface area (Å²) >= 11 is 0. The molecular formula is C30H27FN6O4. The molecule has 1 amide bonds. The number of halogens is 1. The first-order chi connectivity index (χ1) is 20.0. The largest absolute Gasteiger partial charge is 0.489 e. The summed E-state index contributed by atoms with van der Waals surface area (Å²) in [6.07, 6.45) is 2.34. The third-order valence-corrected chi connectivity index (χ3v) is 7.73. The lowest BCUT2D eigenvalue weighted by Crippen LogP contribution is -2.57. The van der Waals surface area contributed by atoms with Crippen molar-refractivity contribution in [2.45, 2.75) is 19.2 Å². The lowest BCUT2D eigenvalue weighted by Gasteiger charge is -2.45. The molecule has 2 aromatic carbocycles. The molecule has 1 fully saturated rings. The van der Waals surface area contributed by atoms with Gasteiger partial charge in [-0.25, -0.2) is 14.4 Å². The zero-order valence-corrected chi connectivity index (χ0v) is 22.1. The molecule has 0 saturated carbocycles. The summed E-state index contributed by atoms with van der Waals surface area (Å²) in [4.78, 5) is 39.3. The number of amides is 1. The Kier molecular flexibility index (Phi) is 6.35. The minimum absolute atomic E-state index is 0.0628. The highest BCUT2D eigenvalue weighted by Crippen LogP contribution is 2.38. The van der Waals surface area contributed by atoms with Gasteiger partial charge in [0.25, 0.3) is 11.7 Å². The number of hydrogen-bond acceptors (Lipinski definition) is 8. The van der Waals surface area contributed by atoms with E-state index in [4.69, 9.17) is 9.47 Å². The van der Waals surface area contributed by atoms with E-state index in [-0.39, 0.29) is 6.04 Å². The van der Waals surface area contributed by atoms with E-state index < -0.39 is 17.5 Å². The molecule has 0 spiro atoms. The quantitative estimate of drug-likeness (QED) is 0.296. The summed E-state index contributed by atoms with van der Waals surface area (Å²) in [7, 11) is 0. The van der Waals surface area contributed by atoms with Crippen LogP contribution in [0, 0.1) is 5.82 Å². The fraction of sp³-hybridized carbons (Fsp3) is 0.267. The van der Waals surface area contributed by atoms with Crippen molar-refractivity contribution in [1.29, 1.82) is 0 Å². The second-order valence-electron chi connectivity index (χ2n) is 10.2. The molecule has 208 valence electrons. The lowest BCUT2D eigenvalue weighted by atomic mass is 10.0. The van der Waals surface area contributed by atoms with Crippen molar-refractivity contribution in [3.8, 4) is 16.9 Å². The summed E-state index contributed by atoms with van der Waals surface area (Å²) in [5, 5.41) is 2.78. The van der Waals surface area contributed by atoms with Crippen LogP contribution in [-0.4, -0.2) is 65.1 Å². The number of ketones is 1. The number of hydrogen-bond donors (Lipinski definition) is 1. The molecule has 1 saturated heterocycles. The molecule has 0 unspecified atom stereocenters. The Morgan fingerprint density at radius 3 is 2.66 bits per heavy atom. The monoisotopic (exact) mass is 554 g/mol. The number of fused-ring (bicyclic) bond motifs is 4. The molecule has 41 heavy (non-hydrogen) atoms. The Balaban J connectivity index is 1.09. The predicted molar refractivity (Wildman–Crippen MR) is 150 cm³/mol. The molecule has 0 radical (unpaired) electrons. The normalized spacial score (nSPS) is 17.6. The zero-order valence-electron chi connectivity index (χ0n) is 22.1. The van der Waals surface area contributed by atoms with Crippen molar-refractivity contribution in [2.75, 3.05) is 48.0 Å². The van der Waals surface area contributed by atoms with Crippen molar-refractivity contribution in [2.24, 2.45) is 0 Å². The number of benzene rings is 2. The van der Waals surface area contributed by atoms with Gasteiger partial charge in [0.05, 0.1) is 37.3 Å². The first-order valence-electron chi connectivity index (χ1n) is 13.5. The van der Waals surface area contributed by atoms with Crippen LogP contribution in [0.1, 0.15) is 16.2 Å². The van der Waals surface area contributed by atoms with Gasteiger partial charge in [0.15, 0.2) is 5.82 Å². The molecule has 0 aliphatic carbocycles. The second kappa shape index (κ2) is 10.3. The molecular weight excluding hydrogens is 527 g/mol. The summed E-state index contributed by atoms with van der Waals surface area (Å²) in [5.74, 6) is -0.649. The highest BCUT2D eigenvalue weighted by molar-refractivity contribution is 6.47. The van der Waals surface area contributed by atoms with Gasteiger partial charge < -0.3 is 29.2 Å². The van der Waals surface area contributed by atoms with Gasteiger partial charge in [-0.1, -0.05) is 30.3 Å². The van der Waals surface area contributed by atoms with Gasteiger partial charge in [-0.2, -0.15) is 0 Å².